The van der Waals surface area contributed by atoms with Gasteiger partial charge in [-0.3, -0.25) is 0 Å². The summed E-state index contributed by atoms with van der Waals surface area (Å²) in [6.07, 6.45) is 0. The molecule has 2 aromatic rings. The Bertz CT molecular complexity index is 412. The summed E-state index contributed by atoms with van der Waals surface area (Å²) in [5, 5.41) is 4.25. The predicted molar refractivity (Wildman–Crippen MR) is 60.8 cm³/mol. The molecule has 0 atom stereocenters. The van der Waals surface area contributed by atoms with Crippen molar-refractivity contribution >= 4 is 5.69 Å². The first-order valence-electron chi connectivity index (χ1n) is 4.66. The second kappa shape index (κ2) is 5.70. The van der Waals surface area contributed by atoms with Gasteiger partial charge in [-0.25, -0.2) is 0 Å². The summed E-state index contributed by atoms with van der Waals surface area (Å²) in [5.74, 6) is 0. The molecular formula is C13H12NPd-. The molecule has 0 heterocycles. The molecule has 0 unspecified atom stereocenters. The van der Waals surface area contributed by atoms with Gasteiger partial charge < -0.3 is 5.32 Å². The Morgan fingerprint density at radius 2 is 1.40 bits per heavy atom. The smallest absolute Gasteiger partial charge is 0 e. The molecule has 0 saturated carbocycles. The number of hydrogen-bond acceptors (Lipinski definition) is 0. The molecule has 1 nitrogen and oxygen atoms in total. The number of para-hydroxylation sites is 1. The molecule has 0 N–H and O–H groups in total. The molecule has 2 heteroatoms. The molecule has 0 aliphatic rings. The Labute approximate surface area is 104 Å². The zero-order valence-corrected chi connectivity index (χ0v) is 10.0. The van der Waals surface area contributed by atoms with Crippen LogP contribution in [-0.2, 0) is 20.4 Å². The maximum absolute atomic E-state index is 4.25. The number of benzene rings is 2. The van der Waals surface area contributed by atoms with Gasteiger partial charge in [0.25, 0.3) is 0 Å². The molecule has 0 amide bonds. The molecule has 15 heavy (non-hydrogen) atoms. The van der Waals surface area contributed by atoms with Crippen molar-refractivity contribution < 1.29 is 20.4 Å². The van der Waals surface area contributed by atoms with E-state index in [9.17, 15) is 0 Å². The maximum atomic E-state index is 4.25. The normalized spacial score (nSPS) is 9.13. The van der Waals surface area contributed by atoms with E-state index in [0.717, 1.165) is 5.69 Å². The van der Waals surface area contributed by atoms with Gasteiger partial charge in [0.1, 0.15) is 0 Å². The molecule has 0 radical (unpaired) electrons. The van der Waals surface area contributed by atoms with E-state index in [1.807, 2.05) is 43.4 Å². The monoisotopic (exact) mass is 288 g/mol. The topological polar surface area (TPSA) is 14.1 Å². The van der Waals surface area contributed by atoms with E-state index in [4.69, 9.17) is 0 Å². The van der Waals surface area contributed by atoms with Crippen molar-refractivity contribution in [3.8, 4) is 11.1 Å². The average Bonchev–Trinajstić information content (AvgIpc) is 2.30. The summed E-state index contributed by atoms with van der Waals surface area (Å²) in [6.45, 7) is 0. The maximum Gasteiger partial charge on any atom is 0 e. The molecular weight excluding hydrogens is 277 g/mol. The zero-order valence-electron chi connectivity index (χ0n) is 8.46. The van der Waals surface area contributed by atoms with Crippen molar-refractivity contribution in [2.75, 3.05) is 7.05 Å². The van der Waals surface area contributed by atoms with E-state index in [2.05, 4.69) is 23.5 Å². The van der Waals surface area contributed by atoms with Gasteiger partial charge in [-0.1, -0.05) is 54.6 Å². The van der Waals surface area contributed by atoms with Crippen molar-refractivity contribution in [3.05, 3.63) is 59.9 Å². The van der Waals surface area contributed by atoms with E-state index in [0.29, 0.717) is 0 Å². The van der Waals surface area contributed by atoms with Crippen LogP contribution in [0.15, 0.2) is 54.6 Å². The third kappa shape index (κ3) is 2.68. The third-order valence-corrected chi connectivity index (χ3v) is 2.23. The summed E-state index contributed by atoms with van der Waals surface area (Å²) >= 11 is 0. The van der Waals surface area contributed by atoms with E-state index >= 15 is 0 Å². The minimum absolute atomic E-state index is 0. The van der Waals surface area contributed by atoms with E-state index in [-0.39, 0.29) is 20.4 Å². The van der Waals surface area contributed by atoms with Crippen LogP contribution in [0.4, 0.5) is 5.69 Å². The van der Waals surface area contributed by atoms with Crippen LogP contribution in [-0.4, -0.2) is 7.05 Å². The van der Waals surface area contributed by atoms with Crippen LogP contribution >= 0.6 is 0 Å². The van der Waals surface area contributed by atoms with Crippen LogP contribution in [0.25, 0.3) is 16.4 Å². The van der Waals surface area contributed by atoms with E-state index < -0.39 is 0 Å². The van der Waals surface area contributed by atoms with Crippen LogP contribution < -0.4 is 0 Å². The SMILES string of the molecule is C[N-]c1ccccc1-c1ccccc1.[Pd]. The zero-order chi connectivity index (χ0) is 9.80. The summed E-state index contributed by atoms with van der Waals surface area (Å²) in [5.41, 5.74) is 3.45. The molecule has 80 valence electrons. The Kier molecular flexibility index (Phi) is 4.55. The number of hydrogen-bond donors (Lipinski definition) is 0. The van der Waals surface area contributed by atoms with E-state index in [1.165, 1.54) is 11.1 Å². The van der Waals surface area contributed by atoms with Crippen LogP contribution in [0.2, 0.25) is 0 Å². The molecule has 0 fully saturated rings. The molecule has 0 aliphatic heterocycles. The molecule has 0 aromatic heterocycles. The number of rotatable bonds is 2. The van der Waals surface area contributed by atoms with Crippen molar-refractivity contribution in [2.24, 2.45) is 0 Å². The van der Waals surface area contributed by atoms with Crippen molar-refractivity contribution in [2.45, 2.75) is 0 Å². The molecule has 0 spiro atoms. The largest absolute Gasteiger partial charge is 0.686 e. The van der Waals surface area contributed by atoms with Gasteiger partial charge >= 0.3 is 0 Å². The predicted octanol–water partition coefficient (Wildman–Crippen LogP) is 3.99. The first-order chi connectivity index (χ1) is 6.92. The van der Waals surface area contributed by atoms with Crippen LogP contribution in [0.5, 0.6) is 0 Å². The van der Waals surface area contributed by atoms with Crippen LogP contribution in [0.3, 0.4) is 0 Å². The Morgan fingerprint density at radius 3 is 2.07 bits per heavy atom. The Balaban J connectivity index is 0.00000112. The third-order valence-electron chi connectivity index (χ3n) is 2.23. The molecule has 2 aromatic carbocycles. The van der Waals surface area contributed by atoms with Gasteiger partial charge in [0.2, 0.25) is 0 Å². The summed E-state index contributed by atoms with van der Waals surface area (Å²) < 4.78 is 0. The fraction of sp³-hybridized carbons (Fsp3) is 0.0769. The van der Waals surface area contributed by atoms with Gasteiger partial charge in [0, 0.05) is 20.4 Å². The average molecular weight is 289 g/mol. The Hall–Kier alpha value is -1.10. The van der Waals surface area contributed by atoms with Crippen LogP contribution in [0.1, 0.15) is 0 Å². The van der Waals surface area contributed by atoms with Gasteiger partial charge in [-0.05, 0) is 11.1 Å². The first kappa shape index (κ1) is 12.0. The molecule has 0 aliphatic carbocycles. The fourth-order valence-electron chi connectivity index (χ4n) is 1.53. The van der Waals surface area contributed by atoms with Crippen molar-refractivity contribution in [3.63, 3.8) is 0 Å². The second-order valence-corrected chi connectivity index (χ2v) is 3.11. The molecule has 2 rings (SSSR count). The molecule has 0 saturated heterocycles. The minimum atomic E-state index is 0. The molecule has 0 bridgehead atoms. The van der Waals surface area contributed by atoms with Gasteiger partial charge in [0.05, 0.1) is 0 Å². The van der Waals surface area contributed by atoms with E-state index in [1.54, 1.807) is 0 Å². The fourth-order valence-corrected chi connectivity index (χ4v) is 1.53. The standard InChI is InChI=1S/C13H12N.Pd/c1-14-13-10-6-5-9-12(13)11-7-3-2-4-8-11;/h2-10H,1H3;/q-1;. The van der Waals surface area contributed by atoms with Crippen molar-refractivity contribution in [1.29, 1.82) is 0 Å². The van der Waals surface area contributed by atoms with Crippen LogP contribution in [0, 0.1) is 0 Å². The van der Waals surface area contributed by atoms with Crippen molar-refractivity contribution in [1.82, 2.24) is 0 Å². The first-order valence-corrected chi connectivity index (χ1v) is 4.66. The summed E-state index contributed by atoms with van der Waals surface area (Å²) in [7, 11) is 1.82. The Morgan fingerprint density at radius 1 is 0.800 bits per heavy atom. The van der Waals surface area contributed by atoms with Gasteiger partial charge in [-0.15, -0.1) is 12.7 Å². The summed E-state index contributed by atoms with van der Waals surface area (Å²) in [4.78, 5) is 0. The van der Waals surface area contributed by atoms with Gasteiger partial charge in [0.15, 0.2) is 0 Å². The number of nitrogens with zero attached hydrogens (tertiary/aromatic N) is 1. The quantitative estimate of drug-likeness (QED) is 0.742. The second-order valence-electron chi connectivity index (χ2n) is 3.11. The van der Waals surface area contributed by atoms with Gasteiger partial charge in [-0.2, -0.15) is 0 Å². The minimum Gasteiger partial charge on any atom is -0.686 e. The summed E-state index contributed by atoms with van der Waals surface area (Å²) in [6, 6.07) is 18.5.